The normalized spacial score (nSPS) is 13.4. The first-order valence-electron chi connectivity index (χ1n) is 15.4. The van der Waals surface area contributed by atoms with E-state index in [2.05, 4.69) is 131 Å². The smallest absolute Gasteiger partial charge is 0.0844 e. The van der Waals surface area contributed by atoms with Crippen LogP contribution < -0.4 is 0 Å². The Bertz CT molecular complexity index is 2410. The van der Waals surface area contributed by atoms with Gasteiger partial charge in [0.2, 0.25) is 0 Å². The molecule has 0 saturated heterocycles. The van der Waals surface area contributed by atoms with E-state index in [0.29, 0.717) is 0 Å². The van der Waals surface area contributed by atoms with E-state index in [9.17, 15) is 0 Å². The van der Waals surface area contributed by atoms with Gasteiger partial charge in [0.05, 0.1) is 22.4 Å². The molecular weight excluding hydrogens is 548 g/mol. The van der Waals surface area contributed by atoms with Crippen molar-refractivity contribution in [3.05, 3.63) is 157 Å². The maximum Gasteiger partial charge on any atom is 0.0844 e. The van der Waals surface area contributed by atoms with Crippen LogP contribution in [0.3, 0.4) is 0 Å². The van der Waals surface area contributed by atoms with Gasteiger partial charge in [0, 0.05) is 46.8 Å². The lowest BCUT2D eigenvalue weighted by atomic mass is 9.94. The van der Waals surface area contributed by atoms with Gasteiger partial charge < -0.3 is 4.57 Å². The Morgan fingerprint density at radius 2 is 1.29 bits per heavy atom. The molecule has 0 atom stereocenters. The molecule has 0 radical (unpaired) electrons. The zero-order chi connectivity index (χ0) is 29.7. The van der Waals surface area contributed by atoms with Crippen molar-refractivity contribution in [2.45, 2.75) is 12.8 Å². The zero-order valence-electron chi connectivity index (χ0n) is 24.6. The molecule has 0 N–H and O–H groups in total. The van der Waals surface area contributed by atoms with Crippen molar-refractivity contribution in [3.63, 3.8) is 0 Å². The summed E-state index contributed by atoms with van der Waals surface area (Å²) in [4.78, 5) is 14.1. The SMILES string of the molecule is C1=C(c2ccc3c(ccc4ccccc43)c2)CCC(c2ccc(-c3ccc(-n4c5ccccc5c5cnccc54)cc3)cn2)=N1. The first kappa shape index (κ1) is 25.6. The van der Waals surface area contributed by atoms with E-state index in [1.807, 2.05) is 24.8 Å². The summed E-state index contributed by atoms with van der Waals surface area (Å²) in [6.07, 6.45) is 9.62. The first-order valence-corrected chi connectivity index (χ1v) is 15.4. The van der Waals surface area contributed by atoms with Crippen molar-refractivity contribution in [2.24, 2.45) is 4.99 Å². The fourth-order valence-electron chi connectivity index (χ4n) is 6.80. The van der Waals surface area contributed by atoms with Crippen LogP contribution in [0.5, 0.6) is 0 Å². The summed E-state index contributed by atoms with van der Waals surface area (Å²) >= 11 is 0. The minimum absolute atomic E-state index is 0.872. The van der Waals surface area contributed by atoms with E-state index in [-0.39, 0.29) is 0 Å². The number of fused-ring (bicyclic) bond motifs is 6. The number of rotatable bonds is 4. The van der Waals surface area contributed by atoms with E-state index in [0.717, 1.165) is 52.0 Å². The van der Waals surface area contributed by atoms with Crippen molar-refractivity contribution >= 4 is 54.6 Å². The molecule has 0 unspecified atom stereocenters. The Hall–Kier alpha value is -5.87. The maximum atomic E-state index is 4.86. The van der Waals surface area contributed by atoms with Crippen LogP contribution in [0.25, 0.3) is 65.7 Å². The lowest BCUT2D eigenvalue weighted by molar-refractivity contribution is 1.06. The topological polar surface area (TPSA) is 43.1 Å². The van der Waals surface area contributed by atoms with Gasteiger partial charge in [0.15, 0.2) is 0 Å². The summed E-state index contributed by atoms with van der Waals surface area (Å²) in [5, 5.41) is 7.50. The van der Waals surface area contributed by atoms with Gasteiger partial charge in [0.25, 0.3) is 0 Å². The van der Waals surface area contributed by atoms with Gasteiger partial charge in [-0.15, -0.1) is 0 Å². The molecule has 45 heavy (non-hydrogen) atoms. The summed E-state index contributed by atoms with van der Waals surface area (Å²) in [5.41, 5.74) is 10.2. The second-order valence-corrected chi connectivity index (χ2v) is 11.7. The number of hydrogen-bond acceptors (Lipinski definition) is 3. The van der Waals surface area contributed by atoms with Crippen molar-refractivity contribution in [2.75, 3.05) is 0 Å². The molecule has 0 spiro atoms. The van der Waals surface area contributed by atoms with Gasteiger partial charge in [-0.25, -0.2) is 0 Å². The minimum Gasteiger partial charge on any atom is -0.309 e. The quantitative estimate of drug-likeness (QED) is 0.196. The first-order chi connectivity index (χ1) is 22.3. The summed E-state index contributed by atoms with van der Waals surface area (Å²) < 4.78 is 2.31. The van der Waals surface area contributed by atoms with Gasteiger partial charge >= 0.3 is 0 Å². The fourth-order valence-corrected chi connectivity index (χ4v) is 6.80. The lowest BCUT2D eigenvalue weighted by Gasteiger charge is -2.15. The van der Waals surface area contributed by atoms with E-state index in [1.54, 1.807) is 0 Å². The average Bonchev–Trinajstić information content (AvgIpc) is 3.46. The highest BCUT2D eigenvalue weighted by Gasteiger charge is 2.15. The largest absolute Gasteiger partial charge is 0.309 e. The molecule has 212 valence electrons. The minimum atomic E-state index is 0.872. The van der Waals surface area contributed by atoms with Crippen molar-refractivity contribution in [1.82, 2.24) is 14.5 Å². The van der Waals surface area contributed by atoms with Crippen LogP contribution in [-0.2, 0) is 0 Å². The molecule has 5 aromatic carbocycles. The Morgan fingerprint density at radius 1 is 0.533 bits per heavy atom. The van der Waals surface area contributed by atoms with E-state index in [1.165, 1.54) is 43.6 Å². The van der Waals surface area contributed by atoms with Gasteiger partial charge in [-0.3, -0.25) is 15.0 Å². The summed E-state index contributed by atoms with van der Waals surface area (Å²) in [6, 6.07) is 43.3. The van der Waals surface area contributed by atoms with Crippen molar-refractivity contribution < 1.29 is 0 Å². The molecular formula is C41H28N4. The average molecular weight is 577 g/mol. The monoisotopic (exact) mass is 576 g/mol. The van der Waals surface area contributed by atoms with Crippen LogP contribution in [0.1, 0.15) is 24.1 Å². The van der Waals surface area contributed by atoms with Crippen molar-refractivity contribution in [3.8, 4) is 16.8 Å². The van der Waals surface area contributed by atoms with Gasteiger partial charge in [-0.2, -0.15) is 0 Å². The third kappa shape index (κ3) is 4.34. The zero-order valence-corrected chi connectivity index (χ0v) is 24.6. The van der Waals surface area contributed by atoms with Crippen LogP contribution in [0.2, 0.25) is 0 Å². The molecule has 1 aliphatic heterocycles. The predicted molar refractivity (Wildman–Crippen MR) is 187 cm³/mol. The lowest BCUT2D eigenvalue weighted by Crippen LogP contribution is -2.07. The molecule has 4 nitrogen and oxygen atoms in total. The molecule has 9 rings (SSSR count). The molecule has 3 aromatic heterocycles. The number of pyridine rings is 2. The second kappa shape index (κ2) is 10.4. The molecule has 8 aromatic rings. The highest BCUT2D eigenvalue weighted by Crippen LogP contribution is 2.33. The van der Waals surface area contributed by atoms with Crippen LogP contribution in [0, 0.1) is 0 Å². The van der Waals surface area contributed by atoms with Gasteiger partial charge in [0.1, 0.15) is 0 Å². The summed E-state index contributed by atoms with van der Waals surface area (Å²) in [5.74, 6) is 0. The van der Waals surface area contributed by atoms with Crippen LogP contribution in [-0.4, -0.2) is 20.2 Å². The van der Waals surface area contributed by atoms with Crippen LogP contribution >= 0.6 is 0 Å². The molecule has 1 aliphatic rings. The Kier molecular flexibility index (Phi) is 5.91. The third-order valence-electron chi connectivity index (χ3n) is 9.12. The number of hydrogen-bond donors (Lipinski definition) is 0. The highest BCUT2D eigenvalue weighted by molar-refractivity contribution is 6.09. The highest BCUT2D eigenvalue weighted by atomic mass is 15.0. The summed E-state index contributed by atoms with van der Waals surface area (Å²) in [6.45, 7) is 0. The van der Waals surface area contributed by atoms with Crippen LogP contribution in [0.15, 0.2) is 151 Å². The molecule has 4 heterocycles. The number of allylic oxidation sites excluding steroid dienone is 1. The van der Waals surface area contributed by atoms with Gasteiger partial charge in [-0.1, -0.05) is 84.9 Å². The second-order valence-electron chi connectivity index (χ2n) is 11.7. The molecule has 0 fully saturated rings. The number of nitrogens with zero attached hydrogens (tertiary/aromatic N) is 4. The standard InChI is InChI=1S/C41H28N4/c1-2-6-34-28(5-1)9-10-30-23-29(13-18-35(30)34)32-15-20-39(44-25-32)38-19-14-31(24-43-38)27-11-16-33(17-12-27)45-40-8-4-3-7-36(40)37-26-42-22-21-41(37)45/h1-14,16-19,21-26H,15,20H2. The third-order valence-corrected chi connectivity index (χ3v) is 9.12. The van der Waals surface area contributed by atoms with Crippen LogP contribution in [0.4, 0.5) is 0 Å². The Morgan fingerprint density at radius 3 is 2.13 bits per heavy atom. The maximum absolute atomic E-state index is 4.86. The fraction of sp³-hybridized carbons (Fsp3) is 0.0488. The molecule has 4 heteroatoms. The number of para-hydroxylation sites is 1. The Labute approximate surface area is 260 Å². The molecule has 0 amide bonds. The summed E-state index contributed by atoms with van der Waals surface area (Å²) in [7, 11) is 0. The van der Waals surface area contributed by atoms with Gasteiger partial charge in [-0.05, 0) is 87.5 Å². The van der Waals surface area contributed by atoms with E-state index < -0.39 is 0 Å². The van der Waals surface area contributed by atoms with E-state index >= 15 is 0 Å². The molecule has 0 aliphatic carbocycles. The number of benzene rings is 5. The van der Waals surface area contributed by atoms with Crippen molar-refractivity contribution in [1.29, 1.82) is 0 Å². The molecule has 0 saturated carbocycles. The Balaban J connectivity index is 0.970. The number of aromatic nitrogens is 3. The number of aliphatic imine (C=N–C) groups is 1. The molecule has 0 bridgehead atoms. The predicted octanol–water partition coefficient (Wildman–Crippen LogP) is 10.2. The van der Waals surface area contributed by atoms with E-state index in [4.69, 9.17) is 9.98 Å².